The average Bonchev–Trinajstić information content (AvgIpc) is 2.14. The van der Waals surface area contributed by atoms with Gasteiger partial charge in [0.25, 0.3) is 0 Å². The van der Waals surface area contributed by atoms with Crippen LogP contribution in [-0.2, 0) is 20.4 Å². The van der Waals surface area contributed by atoms with Crippen LogP contribution >= 0.6 is 0 Å². The van der Waals surface area contributed by atoms with Crippen molar-refractivity contribution in [1.29, 1.82) is 0 Å². The highest BCUT2D eigenvalue weighted by Crippen LogP contribution is 2.18. The first kappa shape index (κ1) is 13.8. The second-order valence-corrected chi connectivity index (χ2v) is 5.84. The van der Waals surface area contributed by atoms with Gasteiger partial charge in [0.15, 0.2) is 0 Å². The second-order valence-electron chi connectivity index (χ2n) is 4.28. The fourth-order valence-electron chi connectivity index (χ4n) is 1.65. The number of carbonyl (C=O) groups is 3. The van der Waals surface area contributed by atoms with Crippen molar-refractivity contribution in [3.63, 3.8) is 0 Å². The van der Waals surface area contributed by atoms with Crippen LogP contribution in [0.5, 0.6) is 0 Å². The van der Waals surface area contributed by atoms with Crippen molar-refractivity contribution >= 4 is 28.6 Å². The molecule has 1 fully saturated rings. The molecule has 0 saturated carbocycles. The van der Waals surface area contributed by atoms with Gasteiger partial charge in [0.1, 0.15) is 5.92 Å². The predicted octanol–water partition coefficient (Wildman–Crippen LogP) is -0.284. The molecule has 7 heteroatoms. The molecule has 0 spiro atoms. The quantitative estimate of drug-likeness (QED) is 0.704. The van der Waals surface area contributed by atoms with Crippen LogP contribution in [0.3, 0.4) is 0 Å². The summed E-state index contributed by atoms with van der Waals surface area (Å²) in [6.07, 6.45) is 1.50. The van der Waals surface area contributed by atoms with Gasteiger partial charge < -0.3 is 0 Å². The predicted molar refractivity (Wildman–Crippen MR) is 62.5 cm³/mol. The van der Waals surface area contributed by atoms with Gasteiger partial charge in [-0.1, -0.05) is 13.8 Å². The molecule has 4 amide bonds. The van der Waals surface area contributed by atoms with Crippen molar-refractivity contribution < 1.29 is 18.6 Å². The summed E-state index contributed by atoms with van der Waals surface area (Å²) in [5.74, 6) is -1.84. The Morgan fingerprint density at radius 1 is 1.35 bits per heavy atom. The molecule has 6 nitrogen and oxygen atoms in total. The summed E-state index contributed by atoms with van der Waals surface area (Å²) in [4.78, 5) is 35.9. The summed E-state index contributed by atoms with van der Waals surface area (Å²) in [6, 6.07) is -0.720. The molecule has 0 aromatic rings. The molecule has 2 unspecified atom stereocenters. The van der Waals surface area contributed by atoms with Crippen molar-refractivity contribution in [2.45, 2.75) is 13.8 Å². The zero-order chi connectivity index (χ0) is 13.2. The Balaban J connectivity index is 2.83. The van der Waals surface area contributed by atoms with Crippen LogP contribution in [0, 0.1) is 11.8 Å². The van der Waals surface area contributed by atoms with Crippen LogP contribution in [0.25, 0.3) is 0 Å². The first-order valence-corrected chi connectivity index (χ1v) is 7.03. The highest BCUT2D eigenvalue weighted by molar-refractivity contribution is 7.84. The molecule has 1 heterocycles. The fourth-order valence-corrected chi connectivity index (χ4v) is 2.09. The van der Waals surface area contributed by atoms with Crippen molar-refractivity contribution in [2.24, 2.45) is 11.8 Å². The Kier molecular flexibility index (Phi) is 4.39. The molecule has 1 N–H and O–H groups in total. The highest BCUT2D eigenvalue weighted by atomic mass is 32.2. The molecule has 0 radical (unpaired) electrons. The summed E-state index contributed by atoms with van der Waals surface area (Å²) in [7, 11) is -1.09. The summed E-state index contributed by atoms with van der Waals surface area (Å²) < 4.78 is 11.0. The lowest BCUT2D eigenvalue weighted by Crippen LogP contribution is -2.59. The number of carbonyl (C=O) groups excluding carboxylic acids is 3. The Bertz CT molecular complexity index is 381. The van der Waals surface area contributed by atoms with Gasteiger partial charge in [0.05, 0.1) is 0 Å². The Hall–Kier alpha value is -1.24. The van der Waals surface area contributed by atoms with E-state index in [0.29, 0.717) is 0 Å². The van der Waals surface area contributed by atoms with E-state index in [1.54, 1.807) is 13.8 Å². The van der Waals surface area contributed by atoms with Gasteiger partial charge in [-0.2, -0.15) is 0 Å². The molecule has 0 aromatic carbocycles. The minimum atomic E-state index is -1.09. The van der Waals surface area contributed by atoms with E-state index in [-0.39, 0.29) is 18.2 Å². The minimum Gasteiger partial charge on any atom is -0.277 e. The molecule has 1 aliphatic heterocycles. The zero-order valence-electron chi connectivity index (χ0n) is 10.1. The maximum Gasteiger partial charge on any atom is 0.330 e. The van der Waals surface area contributed by atoms with E-state index in [4.69, 9.17) is 0 Å². The molecule has 1 saturated heterocycles. The lowest BCUT2D eigenvalue weighted by molar-refractivity contribution is -0.144. The first-order chi connectivity index (χ1) is 7.84. The van der Waals surface area contributed by atoms with Crippen LogP contribution in [0.15, 0.2) is 0 Å². The van der Waals surface area contributed by atoms with E-state index in [2.05, 4.69) is 5.32 Å². The minimum absolute atomic E-state index is 0.0737. The zero-order valence-corrected chi connectivity index (χ0v) is 10.9. The molecule has 96 valence electrons. The third kappa shape index (κ3) is 3.12. The lowest BCUT2D eigenvalue weighted by Gasteiger charge is -2.31. The highest BCUT2D eigenvalue weighted by Gasteiger charge is 2.41. The van der Waals surface area contributed by atoms with E-state index < -0.39 is 34.6 Å². The van der Waals surface area contributed by atoms with Crippen molar-refractivity contribution in [3.8, 4) is 0 Å². The van der Waals surface area contributed by atoms with Gasteiger partial charge in [-0.25, -0.2) is 4.79 Å². The van der Waals surface area contributed by atoms with Crippen LogP contribution in [0.1, 0.15) is 13.8 Å². The normalized spacial score (nSPS) is 22.9. The van der Waals surface area contributed by atoms with Gasteiger partial charge in [0.2, 0.25) is 11.8 Å². The number of urea groups is 1. The third-order valence-corrected chi connectivity index (χ3v) is 3.32. The van der Waals surface area contributed by atoms with E-state index in [1.165, 1.54) is 6.26 Å². The molecule has 1 aliphatic rings. The maximum atomic E-state index is 11.9. The van der Waals surface area contributed by atoms with E-state index in [0.717, 1.165) is 4.90 Å². The summed E-state index contributed by atoms with van der Waals surface area (Å²) in [5.41, 5.74) is 0. The molecular weight excluding hydrogens is 244 g/mol. The molecular formula is C10H16N2O4S. The molecule has 1 rings (SSSR count). The van der Waals surface area contributed by atoms with Gasteiger partial charge >= 0.3 is 6.03 Å². The van der Waals surface area contributed by atoms with E-state index >= 15 is 0 Å². The number of amides is 4. The molecule has 2 atom stereocenters. The van der Waals surface area contributed by atoms with Crippen LogP contribution in [0.4, 0.5) is 4.79 Å². The number of nitrogens with one attached hydrogen (secondary N) is 1. The summed E-state index contributed by atoms with van der Waals surface area (Å²) >= 11 is 0. The molecule has 0 aliphatic carbocycles. The number of hydrogen-bond acceptors (Lipinski definition) is 4. The lowest BCUT2D eigenvalue weighted by atomic mass is 9.92. The first-order valence-electron chi connectivity index (χ1n) is 5.30. The SMILES string of the molecule is CC(C)C1C(=O)NC(=O)N(CCS(C)=O)C1=O. The molecule has 0 bridgehead atoms. The number of nitrogens with zero attached hydrogens (tertiary/aromatic N) is 1. The third-order valence-electron chi connectivity index (χ3n) is 2.56. The summed E-state index contributed by atoms with van der Waals surface area (Å²) in [6.45, 7) is 3.56. The van der Waals surface area contributed by atoms with Crippen LogP contribution < -0.4 is 5.32 Å². The van der Waals surface area contributed by atoms with Crippen molar-refractivity contribution in [2.75, 3.05) is 18.6 Å². The smallest absolute Gasteiger partial charge is 0.277 e. The maximum absolute atomic E-state index is 11.9. The van der Waals surface area contributed by atoms with E-state index in [9.17, 15) is 18.6 Å². The Morgan fingerprint density at radius 2 is 1.94 bits per heavy atom. The van der Waals surface area contributed by atoms with E-state index in [1.807, 2.05) is 0 Å². The van der Waals surface area contributed by atoms with Gasteiger partial charge in [-0.05, 0) is 5.92 Å². The van der Waals surface area contributed by atoms with Crippen molar-refractivity contribution in [1.82, 2.24) is 10.2 Å². The molecule has 17 heavy (non-hydrogen) atoms. The average molecular weight is 260 g/mol. The van der Waals surface area contributed by atoms with Gasteiger partial charge in [0, 0.05) is 29.4 Å². The standard InChI is InChI=1S/C10H16N2O4S/c1-6(2)7-8(13)11-10(15)12(9(7)14)4-5-17(3)16/h6-7H,4-5H2,1-3H3,(H,11,13,15). The summed E-state index contributed by atoms with van der Waals surface area (Å²) in [5, 5.41) is 2.14. The Labute approximate surface area is 102 Å². The van der Waals surface area contributed by atoms with Crippen molar-refractivity contribution in [3.05, 3.63) is 0 Å². The fraction of sp³-hybridized carbons (Fsp3) is 0.700. The number of imide groups is 2. The van der Waals surface area contributed by atoms with Gasteiger partial charge in [-0.3, -0.25) is 24.0 Å². The monoisotopic (exact) mass is 260 g/mol. The molecule has 0 aromatic heterocycles. The topological polar surface area (TPSA) is 83.6 Å². The number of rotatable bonds is 4. The second kappa shape index (κ2) is 5.39. The van der Waals surface area contributed by atoms with Crippen LogP contribution in [-0.4, -0.2) is 45.5 Å². The number of barbiturate groups is 1. The Morgan fingerprint density at radius 3 is 2.41 bits per heavy atom. The largest absolute Gasteiger partial charge is 0.330 e. The number of hydrogen-bond donors (Lipinski definition) is 1. The van der Waals surface area contributed by atoms with Crippen LogP contribution in [0.2, 0.25) is 0 Å². The van der Waals surface area contributed by atoms with Gasteiger partial charge in [-0.15, -0.1) is 0 Å².